The highest BCUT2D eigenvalue weighted by Gasteiger charge is 2.74. The maximum atomic E-state index is 12.9. The molecule has 1 aliphatic heterocycles. The molecular weight excluding hydrogens is 148 g/mol. The summed E-state index contributed by atoms with van der Waals surface area (Å²) in [5.74, 6) is -2.39. The minimum Gasteiger partial charge on any atom is -0.284 e. The van der Waals surface area contributed by atoms with Gasteiger partial charge in [0.25, 0.3) is 5.92 Å². The van der Waals surface area contributed by atoms with E-state index in [1.54, 1.807) is 0 Å². The molecule has 64 valence electrons. The zero-order valence-electron chi connectivity index (χ0n) is 6.90. The van der Waals surface area contributed by atoms with Crippen molar-refractivity contribution in [1.82, 2.24) is 4.90 Å². The van der Waals surface area contributed by atoms with Gasteiger partial charge < -0.3 is 0 Å². The van der Waals surface area contributed by atoms with Crippen molar-refractivity contribution in [3.63, 3.8) is 0 Å². The summed E-state index contributed by atoms with van der Waals surface area (Å²) in [5.41, 5.74) is -0.693. The Morgan fingerprint density at radius 2 is 1.82 bits per heavy atom. The second-order valence-corrected chi connectivity index (χ2v) is 3.96. The van der Waals surface area contributed by atoms with Gasteiger partial charge in [-0.3, -0.25) is 4.90 Å². The fourth-order valence-corrected chi connectivity index (χ4v) is 2.08. The van der Waals surface area contributed by atoms with Crippen LogP contribution in [-0.2, 0) is 0 Å². The molecule has 0 radical (unpaired) electrons. The lowest BCUT2D eigenvalue weighted by Crippen LogP contribution is -2.69. The summed E-state index contributed by atoms with van der Waals surface area (Å²) in [4.78, 5) is 1.92. The van der Waals surface area contributed by atoms with Gasteiger partial charge in [-0.15, -0.1) is 0 Å². The molecule has 0 aromatic carbocycles. The van der Waals surface area contributed by atoms with Gasteiger partial charge in [0.15, 0.2) is 0 Å². The lowest BCUT2D eigenvalue weighted by molar-refractivity contribution is -0.210. The van der Waals surface area contributed by atoms with Gasteiger partial charge >= 0.3 is 0 Å². The number of halogens is 2. The maximum absolute atomic E-state index is 12.9. The van der Waals surface area contributed by atoms with E-state index in [0.29, 0.717) is 12.8 Å². The lowest BCUT2D eigenvalue weighted by Gasteiger charge is -2.51. The molecular formula is C8H13F2N. The van der Waals surface area contributed by atoms with Crippen LogP contribution in [0, 0.1) is 0 Å². The van der Waals surface area contributed by atoms with E-state index in [2.05, 4.69) is 0 Å². The SMILES string of the molecule is CC(C)N1CC(F)(F)C12CC2. The molecule has 0 atom stereocenters. The van der Waals surface area contributed by atoms with E-state index < -0.39 is 11.5 Å². The van der Waals surface area contributed by atoms with Crippen LogP contribution in [0.1, 0.15) is 26.7 Å². The van der Waals surface area contributed by atoms with E-state index in [4.69, 9.17) is 0 Å². The van der Waals surface area contributed by atoms with Gasteiger partial charge in [-0.25, -0.2) is 8.78 Å². The van der Waals surface area contributed by atoms with Crippen molar-refractivity contribution >= 4 is 0 Å². The smallest absolute Gasteiger partial charge is 0.278 e. The molecule has 1 spiro atoms. The van der Waals surface area contributed by atoms with Crippen molar-refractivity contribution in [2.45, 2.75) is 44.2 Å². The van der Waals surface area contributed by atoms with Crippen molar-refractivity contribution in [3.05, 3.63) is 0 Å². The van der Waals surface area contributed by atoms with Crippen molar-refractivity contribution < 1.29 is 8.78 Å². The minimum atomic E-state index is -2.39. The van der Waals surface area contributed by atoms with E-state index in [0.717, 1.165) is 0 Å². The summed E-state index contributed by atoms with van der Waals surface area (Å²) >= 11 is 0. The van der Waals surface area contributed by atoms with Crippen LogP contribution in [0.25, 0.3) is 0 Å². The zero-order valence-corrected chi connectivity index (χ0v) is 6.90. The van der Waals surface area contributed by atoms with Crippen LogP contribution >= 0.6 is 0 Å². The zero-order chi connectivity index (χ0) is 8.28. The molecule has 11 heavy (non-hydrogen) atoms. The van der Waals surface area contributed by atoms with Crippen molar-refractivity contribution in [2.24, 2.45) is 0 Å². The molecule has 2 aliphatic rings. The first kappa shape index (κ1) is 7.47. The first-order valence-electron chi connectivity index (χ1n) is 4.14. The first-order chi connectivity index (χ1) is 5.00. The van der Waals surface area contributed by atoms with Crippen LogP contribution in [0.3, 0.4) is 0 Å². The number of hydrogen-bond donors (Lipinski definition) is 0. The molecule has 3 heteroatoms. The van der Waals surface area contributed by atoms with Crippen LogP contribution in [-0.4, -0.2) is 28.9 Å². The Balaban J connectivity index is 2.12. The van der Waals surface area contributed by atoms with Crippen molar-refractivity contribution in [1.29, 1.82) is 0 Å². The van der Waals surface area contributed by atoms with Gasteiger partial charge in [-0.1, -0.05) is 0 Å². The van der Waals surface area contributed by atoms with Crippen LogP contribution < -0.4 is 0 Å². The summed E-state index contributed by atoms with van der Waals surface area (Å²) < 4.78 is 25.9. The number of alkyl halides is 2. The molecule has 1 saturated carbocycles. The third-order valence-corrected chi connectivity index (χ3v) is 2.95. The lowest BCUT2D eigenvalue weighted by atomic mass is 9.93. The average Bonchev–Trinajstić information content (AvgIpc) is 2.61. The molecule has 1 heterocycles. The molecule has 1 saturated heterocycles. The maximum Gasteiger partial charge on any atom is 0.278 e. The van der Waals surface area contributed by atoms with E-state index in [1.165, 1.54) is 0 Å². The number of hydrogen-bond acceptors (Lipinski definition) is 1. The van der Waals surface area contributed by atoms with Crippen molar-refractivity contribution in [2.75, 3.05) is 6.54 Å². The third-order valence-electron chi connectivity index (χ3n) is 2.95. The summed E-state index contributed by atoms with van der Waals surface area (Å²) in [6, 6.07) is 0.275. The van der Waals surface area contributed by atoms with E-state index in [-0.39, 0.29) is 12.6 Å². The molecule has 0 N–H and O–H groups in total. The van der Waals surface area contributed by atoms with E-state index in [9.17, 15) is 8.78 Å². The standard InChI is InChI=1S/C8H13F2N/c1-6(2)11-5-8(9,10)7(11)3-4-7/h6H,3-5H2,1-2H3. The Morgan fingerprint density at radius 3 is 2.00 bits per heavy atom. The Hall–Kier alpha value is -0.180. The van der Waals surface area contributed by atoms with Crippen molar-refractivity contribution in [3.8, 4) is 0 Å². The van der Waals surface area contributed by atoms with Crippen LogP contribution in [0.15, 0.2) is 0 Å². The predicted molar refractivity (Wildman–Crippen MR) is 38.8 cm³/mol. The summed E-state index contributed by atoms with van der Waals surface area (Å²) in [6.45, 7) is 3.94. The van der Waals surface area contributed by atoms with E-state index in [1.807, 2.05) is 18.7 Å². The second-order valence-electron chi connectivity index (χ2n) is 3.96. The third kappa shape index (κ3) is 0.723. The number of likely N-dealkylation sites (tertiary alicyclic amines) is 1. The van der Waals surface area contributed by atoms with Crippen LogP contribution in [0.5, 0.6) is 0 Å². The highest BCUT2D eigenvalue weighted by atomic mass is 19.3. The summed E-state index contributed by atoms with van der Waals surface area (Å²) in [6.07, 6.45) is 1.39. The summed E-state index contributed by atoms with van der Waals surface area (Å²) in [5, 5.41) is 0. The quantitative estimate of drug-likeness (QED) is 0.567. The monoisotopic (exact) mass is 161 g/mol. The number of nitrogens with zero attached hydrogens (tertiary/aromatic N) is 1. The molecule has 0 aromatic rings. The normalized spacial score (nSPS) is 32.5. The van der Waals surface area contributed by atoms with Gasteiger partial charge in [-0.05, 0) is 26.7 Å². The van der Waals surface area contributed by atoms with Gasteiger partial charge in [0, 0.05) is 6.04 Å². The average molecular weight is 161 g/mol. The highest BCUT2D eigenvalue weighted by molar-refractivity contribution is 5.22. The molecule has 0 bridgehead atoms. The molecule has 2 fully saturated rings. The molecule has 0 unspecified atom stereocenters. The first-order valence-corrected chi connectivity index (χ1v) is 4.14. The predicted octanol–water partition coefficient (Wildman–Crippen LogP) is 1.88. The largest absolute Gasteiger partial charge is 0.284 e. The molecule has 1 aliphatic carbocycles. The second kappa shape index (κ2) is 1.76. The topological polar surface area (TPSA) is 3.24 Å². The fourth-order valence-electron chi connectivity index (χ4n) is 2.08. The molecule has 2 rings (SSSR count). The van der Waals surface area contributed by atoms with Crippen LogP contribution in [0.4, 0.5) is 8.78 Å². The molecule has 0 aromatic heterocycles. The molecule has 0 amide bonds. The van der Waals surface area contributed by atoms with Gasteiger partial charge in [-0.2, -0.15) is 0 Å². The highest BCUT2D eigenvalue weighted by Crippen LogP contribution is 2.60. The minimum absolute atomic E-state index is 0.0231. The Labute approximate surface area is 65.4 Å². The van der Waals surface area contributed by atoms with Gasteiger partial charge in [0.1, 0.15) is 0 Å². The Bertz CT molecular complexity index is 185. The van der Waals surface area contributed by atoms with Gasteiger partial charge in [0.05, 0.1) is 12.1 Å². The Kier molecular flexibility index (Phi) is 1.20. The molecule has 1 nitrogen and oxygen atoms in total. The van der Waals surface area contributed by atoms with Gasteiger partial charge in [0.2, 0.25) is 0 Å². The number of rotatable bonds is 1. The summed E-state index contributed by atoms with van der Waals surface area (Å²) in [7, 11) is 0. The Morgan fingerprint density at radius 1 is 1.27 bits per heavy atom. The van der Waals surface area contributed by atoms with Crippen LogP contribution in [0.2, 0.25) is 0 Å². The van der Waals surface area contributed by atoms with E-state index >= 15 is 0 Å². The fraction of sp³-hybridized carbons (Fsp3) is 1.00.